The van der Waals surface area contributed by atoms with Gasteiger partial charge < -0.3 is 4.90 Å². The number of rotatable bonds is 1. The Kier molecular flexibility index (Phi) is 3.53. The second kappa shape index (κ2) is 5.22. The van der Waals surface area contributed by atoms with Crippen LogP contribution in [0.3, 0.4) is 0 Å². The van der Waals surface area contributed by atoms with Crippen LogP contribution in [0.2, 0.25) is 0 Å². The third-order valence-corrected chi connectivity index (χ3v) is 5.79. The number of hydrogen-bond donors (Lipinski definition) is 0. The molecule has 1 unspecified atom stereocenters. The highest BCUT2D eigenvalue weighted by Gasteiger charge is 2.35. The van der Waals surface area contributed by atoms with Crippen molar-refractivity contribution in [1.29, 1.82) is 0 Å². The van der Waals surface area contributed by atoms with E-state index in [0.29, 0.717) is 24.4 Å². The molecule has 21 heavy (non-hydrogen) atoms. The van der Waals surface area contributed by atoms with Crippen molar-refractivity contribution in [1.82, 2.24) is 9.88 Å². The molecular weight excluding hydrogens is 284 g/mol. The molecule has 0 bridgehead atoms. The van der Waals surface area contributed by atoms with Crippen molar-refractivity contribution >= 4 is 27.6 Å². The van der Waals surface area contributed by atoms with E-state index in [4.69, 9.17) is 0 Å². The zero-order valence-electron chi connectivity index (χ0n) is 12.2. The van der Waals surface area contributed by atoms with Crippen molar-refractivity contribution in [2.45, 2.75) is 18.6 Å². The van der Waals surface area contributed by atoms with E-state index in [2.05, 4.69) is 4.98 Å². The number of amides is 1. The Balaban J connectivity index is 1.88. The van der Waals surface area contributed by atoms with Crippen LogP contribution >= 0.6 is 0 Å². The standard InChI is InChI=1S/C16H18N2O2S/c1-16(2)11-18(8-9-21(16)20)15(19)13-5-6-14-12(10-13)4-3-7-17-14/h3-7,10H,8-9,11H2,1-2H3. The van der Waals surface area contributed by atoms with Gasteiger partial charge in [-0.15, -0.1) is 0 Å². The molecule has 1 aliphatic heterocycles. The van der Waals surface area contributed by atoms with Crippen molar-refractivity contribution in [3.63, 3.8) is 0 Å². The number of pyridine rings is 1. The van der Waals surface area contributed by atoms with E-state index >= 15 is 0 Å². The summed E-state index contributed by atoms with van der Waals surface area (Å²) in [5.74, 6) is 0.555. The van der Waals surface area contributed by atoms with Gasteiger partial charge in [0.2, 0.25) is 0 Å². The summed E-state index contributed by atoms with van der Waals surface area (Å²) in [5.41, 5.74) is 1.55. The molecule has 1 fully saturated rings. The van der Waals surface area contributed by atoms with E-state index in [1.165, 1.54) is 0 Å². The van der Waals surface area contributed by atoms with Crippen LogP contribution in [0.25, 0.3) is 10.9 Å². The highest BCUT2D eigenvalue weighted by Crippen LogP contribution is 2.22. The first-order chi connectivity index (χ1) is 9.97. The first-order valence-electron chi connectivity index (χ1n) is 7.00. The molecule has 0 aliphatic carbocycles. The van der Waals surface area contributed by atoms with Gasteiger partial charge in [0, 0.05) is 46.8 Å². The first-order valence-corrected chi connectivity index (χ1v) is 8.32. The fraction of sp³-hybridized carbons (Fsp3) is 0.375. The van der Waals surface area contributed by atoms with Gasteiger partial charge in [-0.05, 0) is 38.1 Å². The molecule has 2 heterocycles. The monoisotopic (exact) mass is 302 g/mol. The fourth-order valence-electron chi connectivity index (χ4n) is 2.64. The van der Waals surface area contributed by atoms with Gasteiger partial charge in [-0.2, -0.15) is 0 Å². The Bertz CT molecular complexity index is 727. The second-order valence-electron chi connectivity index (χ2n) is 5.95. The lowest BCUT2D eigenvalue weighted by Gasteiger charge is -2.37. The van der Waals surface area contributed by atoms with Crippen molar-refractivity contribution in [2.24, 2.45) is 0 Å². The van der Waals surface area contributed by atoms with Crippen LogP contribution in [0.5, 0.6) is 0 Å². The van der Waals surface area contributed by atoms with Gasteiger partial charge >= 0.3 is 0 Å². The number of aromatic nitrogens is 1. The zero-order chi connectivity index (χ0) is 15.0. The molecule has 0 saturated carbocycles. The lowest BCUT2D eigenvalue weighted by molar-refractivity contribution is 0.0746. The average Bonchev–Trinajstić information content (AvgIpc) is 2.48. The van der Waals surface area contributed by atoms with Crippen LogP contribution in [-0.4, -0.2) is 43.6 Å². The van der Waals surface area contributed by atoms with Gasteiger partial charge in [0.05, 0.1) is 10.3 Å². The van der Waals surface area contributed by atoms with Gasteiger partial charge in [0.25, 0.3) is 5.91 Å². The summed E-state index contributed by atoms with van der Waals surface area (Å²) >= 11 is 0. The van der Waals surface area contributed by atoms with Gasteiger partial charge in [0.15, 0.2) is 0 Å². The smallest absolute Gasteiger partial charge is 0.253 e. The van der Waals surface area contributed by atoms with E-state index in [1.54, 1.807) is 11.1 Å². The second-order valence-corrected chi connectivity index (χ2v) is 8.15. The topological polar surface area (TPSA) is 50.3 Å². The van der Waals surface area contributed by atoms with E-state index < -0.39 is 10.8 Å². The maximum atomic E-state index is 12.6. The van der Waals surface area contributed by atoms with Gasteiger partial charge in [-0.3, -0.25) is 14.0 Å². The molecule has 2 aromatic rings. The molecule has 0 radical (unpaired) electrons. The van der Waals surface area contributed by atoms with E-state index in [0.717, 1.165) is 10.9 Å². The largest absolute Gasteiger partial charge is 0.336 e. The maximum Gasteiger partial charge on any atom is 0.253 e. The number of hydrogen-bond acceptors (Lipinski definition) is 3. The van der Waals surface area contributed by atoms with E-state index in [9.17, 15) is 9.00 Å². The first kappa shape index (κ1) is 14.2. The van der Waals surface area contributed by atoms with Crippen LogP contribution in [0.1, 0.15) is 24.2 Å². The molecule has 1 atom stereocenters. The minimum absolute atomic E-state index is 0.00512. The summed E-state index contributed by atoms with van der Waals surface area (Å²) in [7, 11) is -0.870. The van der Waals surface area contributed by atoms with Crippen molar-refractivity contribution < 1.29 is 9.00 Å². The average molecular weight is 302 g/mol. The predicted molar refractivity (Wildman–Crippen MR) is 84.7 cm³/mol. The summed E-state index contributed by atoms with van der Waals surface area (Å²) in [6.45, 7) is 4.99. The van der Waals surface area contributed by atoms with E-state index in [-0.39, 0.29) is 10.7 Å². The number of benzene rings is 1. The Morgan fingerprint density at radius 2 is 2.14 bits per heavy atom. The number of carbonyl (C=O) groups is 1. The molecule has 3 rings (SSSR count). The molecule has 1 aromatic carbocycles. The number of nitrogens with zero attached hydrogens (tertiary/aromatic N) is 2. The Hall–Kier alpha value is -1.75. The number of carbonyl (C=O) groups excluding carboxylic acids is 1. The third kappa shape index (κ3) is 2.70. The molecule has 1 amide bonds. The Morgan fingerprint density at radius 1 is 1.33 bits per heavy atom. The minimum atomic E-state index is -0.870. The molecular formula is C16H18N2O2S. The van der Waals surface area contributed by atoms with Crippen molar-refractivity contribution in [3.8, 4) is 0 Å². The summed E-state index contributed by atoms with van der Waals surface area (Å²) in [5, 5.41) is 0.961. The van der Waals surface area contributed by atoms with Gasteiger partial charge in [0.1, 0.15) is 0 Å². The van der Waals surface area contributed by atoms with Crippen LogP contribution in [-0.2, 0) is 10.8 Å². The lowest BCUT2D eigenvalue weighted by Crippen LogP contribution is -2.52. The minimum Gasteiger partial charge on any atom is -0.336 e. The summed E-state index contributed by atoms with van der Waals surface area (Å²) in [4.78, 5) is 18.7. The molecule has 5 heteroatoms. The number of fused-ring (bicyclic) bond motifs is 1. The molecule has 110 valence electrons. The summed E-state index contributed by atoms with van der Waals surface area (Å²) in [6.07, 6.45) is 1.74. The summed E-state index contributed by atoms with van der Waals surface area (Å²) < 4.78 is 11.6. The SMILES string of the molecule is CC1(C)CN(C(=O)c2ccc3ncccc3c2)CCS1=O. The van der Waals surface area contributed by atoms with E-state index in [1.807, 2.05) is 44.2 Å². The third-order valence-electron chi connectivity index (χ3n) is 3.87. The normalized spacial score (nSPS) is 21.4. The Labute approximate surface area is 126 Å². The van der Waals surface area contributed by atoms with Crippen LogP contribution < -0.4 is 0 Å². The molecule has 1 aromatic heterocycles. The zero-order valence-corrected chi connectivity index (χ0v) is 13.0. The highest BCUT2D eigenvalue weighted by molar-refractivity contribution is 7.86. The highest BCUT2D eigenvalue weighted by atomic mass is 32.2. The van der Waals surface area contributed by atoms with Gasteiger partial charge in [-0.25, -0.2) is 0 Å². The summed E-state index contributed by atoms with van der Waals surface area (Å²) in [6, 6.07) is 9.38. The molecule has 0 spiro atoms. The Morgan fingerprint density at radius 3 is 2.90 bits per heavy atom. The molecule has 1 saturated heterocycles. The quantitative estimate of drug-likeness (QED) is 0.811. The van der Waals surface area contributed by atoms with Crippen LogP contribution in [0.4, 0.5) is 0 Å². The van der Waals surface area contributed by atoms with Gasteiger partial charge in [-0.1, -0.05) is 6.07 Å². The van der Waals surface area contributed by atoms with Crippen molar-refractivity contribution in [3.05, 3.63) is 42.1 Å². The van der Waals surface area contributed by atoms with Crippen molar-refractivity contribution in [2.75, 3.05) is 18.8 Å². The fourth-order valence-corrected chi connectivity index (χ4v) is 3.88. The maximum absolute atomic E-state index is 12.6. The molecule has 1 aliphatic rings. The van der Waals surface area contributed by atoms with Crippen LogP contribution in [0.15, 0.2) is 36.5 Å². The molecule has 4 nitrogen and oxygen atoms in total. The van der Waals surface area contributed by atoms with Crippen LogP contribution in [0, 0.1) is 0 Å². The lowest BCUT2D eigenvalue weighted by atomic mass is 10.1. The molecule has 0 N–H and O–H groups in total. The predicted octanol–water partition coefficient (Wildman–Crippen LogP) is 2.22.